The van der Waals surface area contributed by atoms with E-state index < -0.39 is 0 Å². The van der Waals surface area contributed by atoms with Crippen LogP contribution in [0.25, 0.3) is 0 Å². The van der Waals surface area contributed by atoms with E-state index in [2.05, 4.69) is 4.99 Å². The summed E-state index contributed by atoms with van der Waals surface area (Å²) >= 11 is 0. The quantitative estimate of drug-likeness (QED) is 0.763. The molecule has 3 heteroatoms. The van der Waals surface area contributed by atoms with Crippen LogP contribution in [-0.4, -0.2) is 21.6 Å². The minimum Gasteiger partial charge on any atom is -0.287 e. The Morgan fingerprint density at radius 3 is 2.33 bits per heavy atom. The van der Waals surface area contributed by atoms with Gasteiger partial charge in [0.05, 0.1) is 5.54 Å². The maximum absolute atomic E-state index is 9.95. The number of hydroxylamine groups is 2. The normalized spacial score (nSPS) is 24.1. The van der Waals surface area contributed by atoms with Crippen LogP contribution in [0, 0.1) is 0 Å². The van der Waals surface area contributed by atoms with Gasteiger partial charge in [0.25, 0.3) is 0 Å². The zero-order valence-electron chi connectivity index (χ0n) is 9.31. The molecular formula is C12H16N2O. The third-order valence-corrected chi connectivity index (χ3v) is 2.81. The minimum atomic E-state index is -0.278. The molecule has 1 aromatic carbocycles. The zero-order chi connectivity index (χ0) is 11.1. The first kappa shape index (κ1) is 10.2. The molecule has 0 fully saturated rings. The van der Waals surface area contributed by atoms with Crippen molar-refractivity contribution in [3.8, 4) is 0 Å². The second-order valence-corrected chi connectivity index (χ2v) is 4.47. The Hall–Kier alpha value is -1.35. The predicted molar refractivity (Wildman–Crippen MR) is 60.0 cm³/mol. The molecule has 0 bridgehead atoms. The molecule has 0 saturated carbocycles. The number of hydrogen-bond donors (Lipinski definition) is 1. The van der Waals surface area contributed by atoms with Crippen molar-refractivity contribution in [3.05, 3.63) is 35.9 Å². The summed E-state index contributed by atoms with van der Waals surface area (Å²) in [6, 6.07) is 9.88. The molecule has 1 aliphatic rings. The molecule has 1 aliphatic heterocycles. The van der Waals surface area contributed by atoms with Gasteiger partial charge < -0.3 is 0 Å². The molecule has 0 spiro atoms. The highest BCUT2D eigenvalue weighted by Gasteiger charge is 2.41. The van der Waals surface area contributed by atoms with E-state index >= 15 is 0 Å². The molecule has 80 valence electrons. The first-order valence-electron chi connectivity index (χ1n) is 5.12. The van der Waals surface area contributed by atoms with Crippen LogP contribution in [0.5, 0.6) is 0 Å². The van der Waals surface area contributed by atoms with Crippen LogP contribution in [0.3, 0.4) is 0 Å². The Bertz CT molecular complexity index is 384. The van der Waals surface area contributed by atoms with Crippen molar-refractivity contribution in [3.63, 3.8) is 0 Å². The molecule has 1 N–H and O–H groups in total. The van der Waals surface area contributed by atoms with Gasteiger partial charge in [-0.05, 0) is 26.3 Å². The highest BCUT2D eigenvalue weighted by molar-refractivity contribution is 5.81. The lowest BCUT2D eigenvalue weighted by Gasteiger charge is -2.29. The van der Waals surface area contributed by atoms with Crippen LogP contribution in [0.1, 0.15) is 32.4 Å². The van der Waals surface area contributed by atoms with E-state index in [-0.39, 0.29) is 11.6 Å². The highest BCUT2D eigenvalue weighted by atomic mass is 16.5. The van der Waals surface area contributed by atoms with Gasteiger partial charge in [0.15, 0.2) is 0 Å². The average molecular weight is 204 g/mol. The van der Waals surface area contributed by atoms with Gasteiger partial charge in [-0.3, -0.25) is 10.2 Å². The van der Waals surface area contributed by atoms with Crippen LogP contribution in [0.2, 0.25) is 0 Å². The molecule has 0 aromatic heterocycles. The molecule has 0 radical (unpaired) electrons. The Labute approximate surface area is 90.0 Å². The van der Waals surface area contributed by atoms with Gasteiger partial charge in [-0.15, -0.1) is 0 Å². The number of hydrogen-bond acceptors (Lipinski definition) is 3. The average Bonchev–Trinajstić information content (AvgIpc) is 2.37. The monoisotopic (exact) mass is 204 g/mol. The van der Waals surface area contributed by atoms with Crippen molar-refractivity contribution >= 4 is 5.84 Å². The first-order chi connectivity index (χ1) is 7.02. The van der Waals surface area contributed by atoms with Gasteiger partial charge in [-0.25, -0.2) is 5.06 Å². The van der Waals surface area contributed by atoms with Gasteiger partial charge in [0.2, 0.25) is 0 Å². The molecule has 1 unspecified atom stereocenters. The lowest BCUT2D eigenvalue weighted by atomic mass is 9.90. The largest absolute Gasteiger partial charge is 0.287 e. The van der Waals surface area contributed by atoms with Crippen LogP contribution in [0.4, 0.5) is 0 Å². The van der Waals surface area contributed by atoms with Crippen molar-refractivity contribution in [2.75, 3.05) is 0 Å². The Morgan fingerprint density at radius 1 is 1.27 bits per heavy atom. The molecule has 0 amide bonds. The molecular weight excluding hydrogens is 188 g/mol. The number of amidine groups is 1. The number of rotatable bonds is 1. The smallest absolute Gasteiger partial charge is 0.122 e. The van der Waals surface area contributed by atoms with Crippen LogP contribution < -0.4 is 0 Å². The Balaban J connectivity index is 2.40. The third kappa shape index (κ3) is 1.63. The van der Waals surface area contributed by atoms with E-state index in [0.717, 1.165) is 5.56 Å². The Morgan fingerprint density at radius 2 is 1.87 bits per heavy atom. The molecule has 1 atom stereocenters. The van der Waals surface area contributed by atoms with Gasteiger partial charge in [0, 0.05) is 0 Å². The second kappa shape index (κ2) is 3.35. The fourth-order valence-electron chi connectivity index (χ4n) is 2.20. The van der Waals surface area contributed by atoms with Crippen molar-refractivity contribution in [1.29, 1.82) is 0 Å². The van der Waals surface area contributed by atoms with E-state index in [0.29, 0.717) is 5.84 Å². The summed E-state index contributed by atoms with van der Waals surface area (Å²) in [6.45, 7) is 5.89. The van der Waals surface area contributed by atoms with Crippen molar-refractivity contribution in [2.45, 2.75) is 32.4 Å². The number of aliphatic imine (C=N–C) groups is 1. The summed E-state index contributed by atoms with van der Waals surface area (Å²) < 4.78 is 0. The van der Waals surface area contributed by atoms with E-state index in [4.69, 9.17) is 0 Å². The minimum absolute atomic E-state index is 0.0845. The van der Waals surface area contributed by atoms with Gasteiger partial charge >= 0.3 is 0 Å². The Kier molecular flexibility index (Phi) is 2.27. The molecule has 1 aromatic rings. The van der Waals surface area contributed by atoms with Crippen molar-refractivity contribution < 1.29 is 5.21 Å². The summed E-state index contributed by atoms with van der Waals surface area (Å²) in [5, 5.41) is 11.2. The van der Waals surface area contributed by atoms with E-state index in [9.17, 15) is 5.21 Å². The van der Waals surface area contributed by atoms with E-state index in [1.807, 2.05) is 51.1 Å². The maximum atomic E-state index is 9.95. The zero-order valence-corrected chi connectivity index (χ0v) is 9.31. The summed E-state index contributed by atoms with van der Waals surface area (Å²) in [5.41, 5.74) is 0.811. The summed E-state index contributed by atoms with van der Waals surface area (Å²) in [5.74, 6) is 0.675. The van der Waals surface area contributed by atoms with Crippen molar-refractivity contribution in [2.24, 2.45) is 4.99 Å². The lowest BCUT2D eigenvalue weighted by molar-refractivity contribution is -0.0599. The third-order valence-electron chi connectivity index (χ3n) is 2.81. The fraction of sp³-hybridized carbons (Fsp3) is 0.417. The van der Waals surface area contributed by atoms with Crippen LogP contribution >= 0.6 is 0 Å². The molecule has 15 heavy (non-hydrogen) atoms. The lowest BCUT2D eigenvalue weighted by Crippen LogP contribution is -2.33. The first-order valence-corrected chi connectivity index (χ1v) is 5.12. The standard InChI is InChI=1S/C12H16N2O/c1-9-13-12(2,3)11(14(9)15)10-7-5-4-6-8-10/h4-8,11,15H,1-3H3. The highest BCUT2D eigenvalue weighted by Crippen LogP contribution is 2.38. The SMILES string of the molecule is CC1=NC(C)(C)C(c2ccccc2)N1O. The number of nitrogens with zero attached hydrogens (tertiary/aromatic N) is 2. The molecule has 2 rings (SSSR count). The predicted octanol–water partition coefficient (Wildman–Crippen LogP) is 2.63. The van der Waals surface area contributed by atoms with Crippen LogP contribution in [-0.2, 0) is 0 Å². The van der Waals surface area contributed by atoms with Gasteiger partial charge in [-0.1, -0.05) is 30.3 Å². The van der Waals surface area contributed by atoms with Crippen LogP contribution in [0.15, 0.2) is 35.3 Å². The number of benzene rings is 1. The molecule has 1 heterocycles. The van der Waals surface area contributed by atoms with Gasteiger partial charge in [0.1, 0.15) is 11.9 Å². The summed E-state index contributed by atoms with van der Waals surface area (Å²) in [6.07, 6.45) is 0. The summed E-state index contributed by atoms with van der Waals surface area (Å²) in [4.78, 5) is 4.45. The van der Waals surface area contributed by atoms with Crippen molar-refractivity contribution in [1.82, 2.24) is 5.06 Å². The van der Waals surface area contributed by atoms with E-state index in [1.165, 1.54) is 5.06 Å². The maximum Gasteiger partial charge on any atom is 0.122 e. The van der Waals surface area contributed by atoms with E-state index in [1.54, 1.807) is 0 Å². The molecule has 0 saturated heterocycles. The second-order valence-electron chi connectivity index (χ2n) is 4.47. The molecule has 3 nitrogen and oxygen atoms in total. The molecule has 0 aliphatic carbocycles. The summed E-state index contributed by atoms with van der Waals surface area (Å²) in [7, 11) is 0. The fourth-order valence-corrected chi connectivity index (χ4v) is 2.20. The topological polar surface area (TPSA) is 35.8 Å². The van der Waals surface area contributed by atoms with Gasteiger partial charge in [-0.2, -0.15) is 0 Å².